The SMILES string of the molecule is Cc1ncccc1Oc1ncnc(OC2CCN(C(=O)OC(C)C)CC2)c1S(C)(=O)=O. The first-order valence-electron chi connectivity index (χ1n) is 9.92. The molecule has 0 bridgehead atoms. The molecular formula is C20H26N4O6S. The standard InChI is InChI=1S/C20H26N4O6S/c1-13(2)28-20(25)24-10-7-15(8-11-24)29-18-17(31(4,26)27)19(23-12-22-18)30-16-6-5-9-21-14(16)3/h5-6,9,12-13,15H,7-8,10-11H2,1-4H3. The molecule has 1 aliphatic heterocycles. The van der Waals surface area contributed by atoms with Gasteiger partial charge < -0.3 is 19.1 Å². The Morgan fingerprint density at radius 3 is 2.45 bits per heavy atom. The minimum atomic E-state index is -3.77. The van der Waals surface area contributed by atoms with Crippen LogP contribution in [0.2, 0.25) is 0 Å². The van der Waals surface area contributed by atoms with Gasteiger partial charge in [0.1, 0.15) is 12.4 Å². The van der Waals surface area contributed by atoms with Crippen molar-refractivity contribution in [1.82, 2.24) is 19.9 Å². The molecule has 2 aromatic heterocycles. The number of carbonyl (C=O) groups is 1. The van der Waals surface area contributed by atoms with Crippen molar-refractivity contribution < 1.29 is 27.4 Å². The Bertz CT molecular complexity index is 1040. The summed E-state index contributed by atoms with van der Waals surface area (Å²) in [5, 5.41) is 0. The lowest BCUT2D eigenvalue weighted by Gasteiger charge is -2.31. The van der Waals surface area contributed by atoms with Crippen molar-refractivity contribution in [2.75, 3.05) is 19.3 Å². The Balaban J connectivity index is 1.78. The highest BCUT2D eigenvalue weighted by Crippen LogP contribution is 2.34. The third-order valence-electron chi connectivity index (χ3n) is 4.59. The van der Waals surface area contributed by atoms with E-state index in [0.717, 1.165) is 6.26 Å². The largest absolute Gasteiger partial charge is 0.473 e. The molecule has 3 rings (SSSR count). The van der Waals surface area contributed by atoms with Crippen LogP contribution in [0.3, 0.4) is 0 Å². The first-order valence-corrected chi connectivity index (χ1v) is 11.8. The van der Waals surface area contributed by atoms with Gasteiger partial charge in [-0.3, -0.25) is 4.98 Å². The summed E-state index contributed by atoms with van der Waals surface area (Å²) >= 11 is 0. The number of hydrogen-bond acceptors (Lipinski definition) is 9. The molecular weight excluding hydrogens is 424 g/mol. The Labute approximate surface area is 181 Å². The van der Waals surface area contributed by atoms with Crippen LogP contribution in [0.25, 0.3) is 0 Å². The molecule has 1 amide bonds. The summed E-state index contributed by atoms with van der Waals surface area (Å²) in [6.45, 7) is 6.21. The zero-order valence-electron chi connectivity index (χ0n) is 17.9. The van der Waals surface area contributed by atoms with Crippen LogP contribution in [0.15, 0.2) is 29.6 Å². The average Bonchev–Trinajstić information content (AvgIpc) is 2.69. The van der Waals surface area contributed by atoms with E-state index in [2.05, 4.69) is 15.0 Å². The molecule has 0 saturated carbocycles. The van der Waals surface area contributed by atoms with E-state index in [9.17, 15) is 13.2 Å². The fourth-order valence-corrected chi connectivity index (χ4v) is 3.92. The fourth-order valence-electron chi connectivity index (χ4n) is 3.09. The predicted molar refractivity (Wildman–Crippen MR) is 111 cm³/mol. The van der Waals surface area contributed by atoms with Gasteiger partial charge >= 0.3 is 6.09 Å². The van der Waals surface area contributed by atoms with Crippen molar-refractivity contribution in [3.8, 4) is 17.5 Å². The lowest BCUT2D eigenvalue weighted by Crippen LogP contribution is -2.42. The summed E-state index contributed by atoms with van der Waals surface area (Å²) < 4.78 is 41.9. The monoisotopic (exact) mass is 450 g/mol. The lowest BCUT2D eigenvalue weighted by atomic mass is 10.1. The van der Waals surface area contributed by atoms with E-state index >= 15 is 0 Å². The molecule has 3 heterocycles. The van der Waals surface area contributed by atoms with Crippen molar-refractivity contribution in [2.45, 2.75) is 50.7 Å². The van der Waals surface area contributed by atoms with E-state index < -0.39 is 9.84 Å². The van der Waals surface area contributed by atoms with Crippen LogP contribution in [0, 0.1) is 6.92 Å². The Kier molecular flexibility index (Phi) is 6.94. The maximum absolute atomic E-state index is 12.5. The van der Waals surface area contributed by atoms with Crippen LogP contribution in [-0.2, 0) is 14.6 Å². The van der Waals surface area contributed by atoms with Crippen LogP contribution < -0.4 is 9.47 Å². The molecule has 0 spiro atoms. The molecule has 0 aromatic carbocycles. The number of piperidine rings is 1. The van der Waals surface area contributed by atoms with Crippen LogP contribution in [0.4, 0.5) is 4.79 Å². The number of amides is 1. The van der Waals surface area contributed by atoms with E-state index in [1.54, 1.807) is 44.0 Å². The first kappa shape index (κ1) is 22.7. The van der Waals surface area contributed by atoms with Crippen LogP contribution in [0.5, 0.6) is 17.5 Å². The summed E-state index contributed by atoms with van der Waals surface area (Å²) in [5.41, 5.74) is 0.587. The van der Waals surface area contributed by atoms with Gasteiger partial charge in [-0.15, -0.1) is 0 Å². The van der Waals surface area contributed by atoms with Crippen LogP contribution in [0.1, 0.15) is 32.4 Å². The van der Waals surface area contributed by atoms with Crippen molar-refractivity contribution in [3.05, 3.63) is 30.4 Å². The summed E-state index contributed by atoms with van der Waals surface area (Å²) in [5.74, 6) is 0.188. The Morgan fingerprint density at radius 1 is 1.16 bits per heavy atom. The van der Waals surface area contributed by atoms with Gasteiger partial charge in [0, 0.05) is 38.4 Å². The van der Waals surface area contributed by atoms with Crippen molar-refractivity contribution in [2.24, 2.45) is 0 Å². The molecule has 0 radical (unpaired) electrons. The van der Waals surface area contributed by atoms with E-state index in [0.29, 0.717) is 37.4 Å². The molecule has 0 atom stereocenters. The predicted octanol–water partition coefficient (Wildman–Crippen LogP) is 2.76. The minimum Gasteiger partial charge on any atom is -0.473 e. The highest BCUT2D eigenvalue weighted by Gasteiger charge is 2.30. The molecule has 31 heavy (non-hydrogen) atoms. The lowest BCUT2D eigenvalue weighted by molar-refractivity contribution is 0.0499. The number of aromatic nitrogens is 3. The van der Waals surface area contributed by atoms with E-state index in [-0.39, 0.29) is 35.0 Å². The molecule has 168 valence electrons. The number of pyridine rings is 1. The average molecular weight is 451 g/mol. The van der Waals surface area contributed by atoms with Crippen LogP contribution in [-0.4, -0.2) is 65.9 Å². The molecule has 1 saturated heterocycles. The smallest absolute Gasteiger partial charge is 0.410 e. The fraction of sp³-hybridized carbons (Fsp3) is 0.500. The van der Waals surface area contributed by atoms with Gasteiger partial charge in [-0.05, 0) is 32.9 Å². The third kappa shape index (κ3) is 5.81. The topological polar surface area (TPSA) is 121 Å². The number of carbonyl (C=O) groups excluding carboxylic acids is 1. The number of nitrogens with zero attached hydrogens (tertiary/aromatic N) is 4. The summed E-state index contributed by atoms with van der Waals surface area (Å²) in [6.07, 6.45) is 4.00. The van der Waals surface area contributed by atoms with Gasteiger partial charge in [0.25, 0.3) is 0 Å². The third-order valence-corrected chi connectivity index (χ3v) is 5.68. The molecule has 0 aliphatic carbocycles. The Morgan fingerprint density at radius 2 is 1.84 bits per heavy atom. The van der Waals surface area contributed by atoms with Gasteiger partial charge in [-0.1, -0.05) is 0 Å². The molecule has 0 unspecified atom stereocenters. The molecule has 11 heteroatoms. The van der Waals surface area contributed by atoms with Gasteiger partial charge in [-0.2, -0.15) is 0 Å². The van der Waals surface area contributed by atoms with Gasteiger partial charge in [-0.25, -0.2) is 23.2 Å². The zero-order chi connectivity index (χ0) is 22.6. The van der Waals surface area contributed by atoms with Gasteiger partial charge in [0.15, 0.2) is 20.5 Å². The second-order valence-corrected chi connectivity index (χ2v) is 9.46. The number of ether oxygens (including phenoxy) is 3. The van der Waals surface area contributed by atoms with Crippen LogP contribution >= 0.6 is 0 Å². The highest BCUT2D eigenvalue weighted by molar-refractivity contribution is 7.91. The normalized spacial score (nSPS) is 15.1. The first-order chi connectivity index (χ1) is 14.6. The van der Waals surface area contributed by atoms with Crippen molar-refractivity contribution >= 4 is 15.9 Å². The van der Waals surface area contributed by atoms with E-state index in [1.807, 2.05) is 0 Å². The second-order valence-electron chi connectivity index (χ2n) is 7.51. The molecule has 10 nitrogen and oxygen atoms in total. The maximum atomic E-state index is 12.5. The van der Waals surface area contributed by atoms with Crippen molar-refractivity contribution in [3.63, 3.8) is 0 Å². The second kappa shape index (κ2) is 9.46. The highest BCUT2D eigenvalue weighted by atomic mass is 32.2. The quantitative estimate of drug-likeness (QED) is 0.654. The minimum absolute atomic E-state index is 0.0720. The summed E-state index contributed by atoms with van der Waals surface area (Å²) in [7, 11) is -3.77. The van der Waals surface area contributed by atoms with Crippen molar-refractivity contribution in [1.29, 1.82) is 0 Å². The van der Waals surface area contributed by atoms with Gasteiger partial charge in [0.05, 0.1) is 11.8 Å². The van der Waals surface area contributed by atoms with E-state index in [1.165, 1.54) is 6.33 Å². The van der Waals surface area contributed by atoms with Gasteiger partial charge in [0.2, 0.25) is 11.8 Å². The number of likely N-dealkylation sites (tertiary alicyclic amines) is 1. The number of rotatable bonds is 6. The number of hydrogen-bond donors (Lipinski definition) is 0. The summed E-state index contributed by atoms with van der Waals surface area (Å²) in [4.78, 5) is 25.6. The number of sulfone groups is 1. The van der Waals surface area contributed by atoms with E-state index in [4.69, 9.17) is 14.2 Å². The Hall–Kier alpha value is -2.95. The molecule has 0 N–H and O–H groups in total. The molecule has 1 aliphatic rings. The number of aryl methyl sites for hydroxylation is 1. The maximum Gasteiger partial charge on any atom is 0.410 e. The summed E-state index contributed by atoms with van der Waals surface area (Å²) in [6, 6.07) is 3.35. The molecule has 1 fully saturated rings. The zero-order valence-corrected chi connectivity index (χ0v) is 18.8. The molecule has 2 aromatic rings.